The number of likely N-dealkylation sites (tertiary alicyclic amines) is 1. The number of hydrogen-bond donors (Lipinski definition) is 0. The molecule has 2 bridgehead atoms. The van der Waals surface area contributed by atoms with Gasteiger partial charge in [0.1, 0.15) is 0 Å². The number of carbonyl (C=O) groups is 2. The van der Waals surface area contributed by atoms with Crippen molar-refractivity contribution in [3.63, 3.8) is 0 Å². The third-order valence-corrected chi connectivity index (χ3v) is 6.11. The topological polar surface area (TPSA) is 46.6 Å². The highest BCUT2D eigenvalue weighted by atomic mass is 16.5. The minimum Gasteiger partial charge on any atom is -0.373 e. The van der Waals surface area contributed by atoms with Gasteiger partial charge in [0.25, 0.3) is 0 Å². The van der Waals surface area contributed by atoms with Gasteiger partial charge in [-0.25, -0.2) is 0 Å². The summed E-state index contributed by atoms with van der Waals surface area (Å²) in [5.74, 6) is -0.208. The van der Waals surface area contributed by atoms with E-state index >= 15 is 0 Å². The number of nitrogens with zero attached hydrogens (tertiary/aromatic N) is 1. The molecule has 3 heterocycles. The summed E-state index contributed by atoms with van der Waals surface area (Å²) in [7, 11) is 0. The fourth-order valence-corrected chi connectivity index (χ4v) is 4.75. The highest BCUT2D eigenvalue weighted by Gasteiger charge is 2.62. The predicted molar refractivity (Wildman–Crippen MR) is 93.4 cm³/mol. The molecule has 136 valence electrons. The van der Waals surface area contributed by atoms with Crippen molar-refractivity contribution >= 4 is 11.8 Å². The average molecular weight is 335 g/mol. The Morgan fingerprint density at radius 2 is 1.25 bits per heavy atom. The third-order valence-electron chi connectivity index (χ3n) is 6.11. The molecule has 4 nitrogen and oxygen atoms in total. The van der Waals surface area contributed by atoms with Crippen LogP contribution in [0, 0.1) is 11.8 Å². The van der Waals surface area contributed by atoms with Crippen LogP contribution >= 0.6 is 0 Å². The molecule has 0 radical (unpaired) electrons. The van der Waals surface area contributed by atoms with Gasteiger partial charge in [-0.1, -0.05) is 64.7 Å². The number of unbranched alkanes of at least 4 members (excludes halogenated alkanes) is 9. The van der Waals surface area contributed by atoms with Crippen LogP contribution in [0.25, 0.3) is 0 Å². The van der Waals surface area contributed by atoms with Crippen LogP contribution in [-0.2, 0) is 14.3 Å². The van der Waals surface area contributed by atoms with Crippen molar-refractivity contribution in [1.29, 1.82) is 0 Å². The zero-order chi connectivity index (χ0) is 16.9. The van der Waals surface area contributed by atoms with Crippen LogP contribution in [0.4, 0.5) is 0 Å². The average Bonchev–Trinajstić information content (AvgIpc) is 3.25. The molecule has 4 atom stereocenters. The van der Waals surface area contributed by atoms with Gasteiger partial charge in [-0.2, -0.15) is 0 Å². The first-order valence-electron chi connectivity index (χ1n) is 10.2. The summed E-state index contributed by atoms with van der Waals surface area (Å²) in [6.45, 7) is 2.88. The van der Waals surface area contributed by atoms with E-state index < -0.39 is 0 Å². The summed E-state index contributed by atoms with van der Waals surface area (Å²) < 4.78 is 5.77. The van der Waals surface area contributed by atoms with Crippen molar-refractivity contribution < 1.29 is 14.3 Å². The molecule has 0 aromatic rings. The van der Waals surface area contributed by atoms with Crippen LogP contribution in [-0.4, -0.2) is 35.5 Å². The van der Waals surface area contributed by atoms with E-state index in [2.05, 4.69) is 6.92 Å². The molecule has 2 amide bonds. The second-order valence-corrected chi connectivity index (χ2v) is 7.85. The Balaban J connectivity index is 1.28. The lowest BCUT2D eigenvalue weighted by molar-refractivity contribution is -0.142. The van der Waals surface area contributed by atoms with E-state index in [4.69, 9.17) is 4.74 Å². The molecule has 3 rings (SSSR count). The Hall–Kier alpha value is -0.900. The highest BCUT2D eigenvalue weighted by Crippen LogP contribution is 2.48. The highest BCUT2D eigenvalue weighted by molar-refractivity contribution is 6.06. The summed E-state index contributed by atoms with van der Waals surface area (Å²) in [5, 5.41) is 0. The maximum atomic E-state index is 12.5. The van der Waals surface area contributed by atoms with Gasteiger partial charge in [-0.3, -0.25) is 14.5 Å². The number of rotatable bonds is 11. The molecule has 0 unspecified atom stereocenters. The number of amides is 2. The van der Waals surface area contributed by atoms with Crippen molar-refractivity contribution in [2.45, 2.75) is 96.2 Å². The lowest BCUT2D eigenvalue weighted by Crippen LogP contribution is -2.35. The molecular weight excluding hydrogens is 302 g/mol. The fraction of sp³-hybridized carbons (Fsp3) is 0.900. The van der Waals surface area contributed by atoms with Crippen molar-refractivity contribution in [3.8, 4) is 0 Å². The third kappa shape index (κ3) is 3.68. The van der Waals surface area contributed by atoms with Crippen LogP contribution in [0.15, 0.2) is 0 Å². The quantitative estimate of drug-likeness (QED) is 0.422. The zero-order valence-electron chi connectivity index (χ0n) is 15.2. The number of carbonyl (C=O) groups excluding carboxylic acids is 2. The number of hydrogen-bond acceptors (Lipinski definition) is 3. The SMILES string of the molecule is CCCCCCCCCCCCN1C(=O)[C@@H]2[C@H](C1=O)[C@@H]1CC[C@H]2O1. The molecule has 24 heavy (non-hydrogen) atoms. The summed E-state index contributed by atoms with van der Waals surface area (Å²) in [6.07, 6.45) is 14.7. The predicted octanol–water partition coefficient (Wildman–Crippen LogP) is 4.07. The van der Waals surface area contributed by atoms with Gasteiger partial charge in [0.2, 0.25) is 11.8 Å². The number of ether oxygens (including phenoxy) is 1. The molecule has 3 aliphatic rings. The molecule has 0 aromatic heterocycles. The maximum absolute atomic E-state index is 12.5. The van der Waals surface area contributed by atoms with Gasteiger partial charge in [0.05, 0.1) is 24.0 Å². The lowest BCUT2D eigenvalue weighted by Gasteiger charge is -2.17. The monoisotopic (exact) mass is 335 g/mol. The van der Waals surface area contributed by atoms with Gasteiger partial charge in [0.15, 0.2) is 0 Å². The van der Waals surface area contributed by atoms with Crippen LogP contribution < -0.4 is 0 Å². The molecule has 0 saturated carbocycles. The molecule has 3 saturated heterocycles. The molecule has 3 aliphatic heterocycles. The van der Waals surface area contributed by atoms with Crippen molar-refractivity contribution in [2.24, 2.45) is 11.8 Å². The molecule has 0 aliphatic carbocycles. The van der Waals surface area contributed by atoms with Gasteiger partial charge in [-0.15, -0.1) is 0 Å². The lowest BCUT2D eigenvalue weighted by atomic mass is 9.81. The standard InChI is InChI=1S/C20H33NO3/c1-2-3-4-5-6-7-8-9-10-11-14-21-19(22)17-15-12-13-16(24-15)18(17)20(21)23/h15-18H,2-14H2,1H3/t15-,16+,17+,18-. The van der Waals surface area contributed by atoms with E-state index in [1.54, 1.807) is 4.90 Å². The van der Waals surface area contributed by atoms with Gasteiger partial charge in [-0.05, 0) is 19.3 Å². The Bertz CT molecular complexity index is 422. The van der Waals surface area contributed by atoms with Crippen LogP contribution in [0.5, 0.6) is 0 Å². The van der Waals surface area contributed by atoms with E-state index in [0.29, 0.717) is 6.54 Å². The largest absolute Gasteiger partial charge is 0.373 e. The number of fused-ring (bicyclic) bond motifs is 5. The van der Waals surface area contributed by atoms with E-state index in [-0.39, 0.29) is 35.9 Å². The molecule has 3 fully saturated rings. The van der Waals surface area contributed by atoms with Crippen LogP contribution in [0.2, 0.25) is 0 Å². The smallest absolute Gasteiger partial charge is 0.235 e. The summed E-state index contributed by atoms with van der Waals surface area (Å²) in [4.78, 5) is 26.6. The van der Waals surface area contributed by atoms with E-state index in [1.807, 2.05) is 0 Å². The Morgan fingerprint density at radius 1 is 0.792 bits per heavy atom. The molecule has 0 N–H and O–H groups in total. The number of imide groups is 1. The van der Waals surface area contributed by atoms with Crippen molar-refractivity contribution in [1.82, 2.24) is 4.90 Å². The first-order chi connectivity index (χ1) is 11.7. The first kappa shape index (κ1) is 17.9. The Kier molecular flexibility index (Phi) is 6.31. The Labute approximate surface area is 146 Å². The second kappa shape index (κ2) is 8.46. The second-order valence-electron chi connectivity index (χ2n) is 7.85. The minimum absolute atomic E-state index is 0.0224. The fourth-order valence-electron chi connectivity index (χ4n) is 4.75. The summed E-state index contributed by atoms with van der Waals surface area (Å²) in [6, 6.07) is 0. The van der Waals surface area contributed by atoms with Gasteiger partial charge in [0, 0.05) is 6.54 Å². The van der Waals surface area contributed by atoms with Gasteiger partial charge >= 0.3 is 0 Å². The molecule has 0 aromatic carbocycles. The van der Waals surface area contributed by atoms with E-state index in [9.17, 15) is 9.59 Å². The van der Waals surface area contributed by atoms with Crippen LogP contribution in [0.1, 0.15) is 84.0 Å². The van der Waals surface area contributed by atoms with Crippen LogP contribution in [0.3, 0.4) is 0 Å². The van der Waals surface area contributed by atoms with Gasteiger partial charge < -0.3 is 4.74 Å². The van der Waals surface area contributed by atoms with E-state index in [0.717, 1.165) is 25.7 Å². The normalized spacial score (nSPS) is 31.3. The first-order valence-corrected chi connectivity index (χ1v) is 10.2. The van der Waals surface area contributed by atoms with Crippen molar-refractivity contribution in [3.05, 3.63) is 0 Å². The summed E-state index contributed by atoms with van der Waals surface area (Å²) >= 11 is 0. The molecule has 0 spiro atoms. The van der Waals surface area contributed by atoms with E-state index in [1.165, 1.54) is 51.4 Å². The summed E-state index contributed by atoms with van der Waals surface area (Å²) in [5.41, 5.74) is 0. The molecule has 4 heteroatoms. The maximum Gasteiger partial charge on any atom is 0.235 e. The van der Waals surface area contributed by atoms with Crippen molar-refractivity contribution in [2.75, 3.05) is 6.54 Å². The molecular formula is C20H33NO3. The zero-order valence-corrected chi connectivity index (χ0v) is 15.2. The Morgan fingerprint density at radius 3 is 1.75 bits per heavy atom. The minimum atomic E-state index is -0.153.